The van der Waals surface area contributed by atoms with Gasteiger partial charge in [0.25, 0.3) is 5.91 Å². The summed E-state index contributed by atoms with van der Waals surface area (Å²) in [6.45, 7) is 0.528. The van der Waals surface area contributed by atoms with Crippen LogP contribution in [0.5, 0.6) is 0 Å². The maximum Gasteiger partial charge on any atom is 0.407 e. The molecule has 0 atom stereocenters. The molecule has 1 aliphatic heterocycles. The Morgan fingerprint density at radius 2 is 1.64 bits per heavy atom. The average molecular weight is 526 g/mol. The molecule has 1 aliphatic carbocycles. The number of alkyl carbamates (subject to hydrolysis) is 1. The van der Waals surface area contributed by atoms with E-state index < -0.39 is 23.6 Å². The minimum Gasteiger partial charge on any atom is -0.465 e. The molecule has 2 heterocycles. The summed E-state index contributed by atoms with van der Waals surface area (Å²) in [7, 11) is 0. The van der Waals surface area contributed by atoms with Gasteiger partial charge in [0.1, 0.15) is 23.5 Å². The van der Waals surface area contributed by atoms with E-state index in [2.05, 4.69) is 39.6 Å². The highest BCUT2D eigenvalue weighted by atomic mass is 16.5. The topological polar surface area (TPSA) is 151 Å². The fraction of sp³-hybridized carbons (Fsp3) is 0.241. The number of rotatable bonds is 5. The standard InChI is InChI=1S/C29H27N5O5/c30-25(35)21-10-5-11-23-24(21)32-26(31-23)29(12-14-34(15-13-29)28(37)38)33-27(36)39-16-22-19-8-3-1-6-17(19)18-7-2-4-9-20(18)22/h1-11,22H,12-16H2,(H2,30,35)(H,31,32)(H,33,36)(H,37,38). The van der Waals surface area contributed by atoms with Gasteiger partial charge in [-0.3, -0.25) is 4.79 Å². The fourth-order valence-electron chi connectivity index (χ4n) is 5.79. The summed E-state index contributed by atoms with van der Waals surface area (Å²) < 4.78 is 5.80. The summed E-state index contributed by atoms with van der Waals surface area (Å²) >= 11 is 0. The van der Waals surface area contributed by atoms with E-state index in [1.807, 2.05) is 24.3 Å². The Morgan fingerprint density at radius 3 is 2.26 bits per heavy atom. The number of piperidine rings is 1. The van der Waals surface area contributed by atoms with Gasteiger partial charge >= 0.3 is 12.2 Å². The molecule has 0 saturated carbocycles. The van der Waals surface area contributed by atoms with Crippen LogP contribution < -0.4 is 11.1 Å². The SMILES string of the molecule is NC(=O)c1cccc2[nH]c(C3(NC(=O)OCC4c5ccccc5-c5ccccc54)CCN(C(=O)O)CC3)nc12. The first kappa shape index (κ1) is 24.5. The molecule has 10 nitrogen and oxygen atoms in total. The maximum atomic E-state index is 13.3. The Labute approximate surface area is 223 Å². The lowest BCUT2D eigenvalue weighted by Gasteiger charge is -2.39. The van der Waals surface area contributed by atoms with E-state index in [0.717, 1.165) is 22.3 Å². The van der Waals surface area contributed by atoms with Gasteiger partial charge < -0.3 is 30.8 Å². The molecular weight excluding hydrogens is 498 g/mol. The van der Waals surface area contributed by atoms with Crippen molar-refractivity contribution in [2.75, 3.05) is 19.7 Å². The molecule has 198 valence electrons. The van der Waals surface area contributed by atoms with Crippen molar-refractivity contribution in [1.29, 1.82) is 0 Å². The van der Waals surface area contributed by atoms with Crippen LogP contribution in [-0.4, -0.2) is 57.8 Å². The van der Waals surface area contributed by atoms with Crippen LogP contribution in [0.25, 0.3) is 22.2 Å². The third-order valence-corrected chi connectivity index (χ3v) is 7.80. The number of H-pyrrole nitrogens is 1. The van der Waals surface area contributed by atoms with Crippen LogP contribution >= 0.6 is 0 Å². The molecule has 0 bridgehead atoms. The number of benzene rings is 3. The van der Waals surface area contributed by atoms with Crippen molar-refractivity contribution >= 4 is 29.1 Å². The molecule has 39 heavy (non-hydrogen) atoms. The van der Waals surface area contributed by atoms with Crippen molar-refractivity contribution in [3.05, 3.63) is 89.2 Å². The van der Waals surface area contributed by atoms with Crippen LogP contribution in [0.3, 0.4) is 0 Å². The van der Waals surface area contributed by atoms with E-state index in [4.69, 9.17) is 10.5 Å². The number of aromatic nitrogens is 2. The average Bonchev–Trinajstić information content (AvgIpc) is 3.52. The second-order valence-corrected chi connectivity index (χ2v) is 9.95. The molecule has 4 aromatic rings. The van der Waals surface area contributed by atoms with Crippen LogP contribution in [-0.2, 0) is 10.3 Å². The van der Waals surface area contributed by atoms with Crippen molar-refractivity contribution in [3.8, 4) is 11.1 Å². The van der Waals surface area contributed by atoms with Crippen molar-refractivity contribution in [3.63, 3.8) is 0 Å². The van der Waals surface area contributed by atoms with Gasteiger partial charge in [0.15, 0.2) is 0 Å². The summed E-state index contributed by atoms with van der Waals surface area (Å²) in [6.07, 6.45) is -1.11. The largest absolute Gasteiger partial charge is 0.465 e. The lowest BCUT2D eigenvalue weighted by molar-refractivity contribution is 0.0898. The summed E-state index contributed by atoms with van der Waals surface area (Å²) in [6, 6.07) is 21.2. The number of nitrogens with one attached hydrogen (secondary N) is 2. The zero-order valence-corrected chi connectivity index (χ0v) is 21.0. The molecule has 1 aromatic heterocycles. The minimum absolute atomic E-state index is 0.0997. The highest BCUT2D eigenvalue weighted by Crippen LogP contribution is 2.44. The van der Waals surface area contributed by atoms with E-state index in [1.54, 1.807) is 18.2 Å². The molecule has 0 radical (unpaired) electrons. The van der Waals surface area contributed by atoms with Crippen molar-refractivity contribution < 1.29 is 24.2 Å². The molecule has 6 rings (SSSR count). The van der Waals surface area contributed by atoms with Crippen molar-refractivity contribution in [2.45, 2.75) is 24.3 Å². The molecule has 3 aromatic carbocycles. The third kappa shape index (κ3) is 4.23. The van der Waals surface area contributed by atoms with E-state index in [1.165, 1.54) is 4.90 Å². The first-order chi connectivity index (χ1) is 18.9. The number of fused-ring (bicyclic) bond motifs is 4. The van der Waals surface area contributed by atoms with Gasteiger partial charge in [0.05, 0.1) is 11.1 Å². The smallest absolute Gasteiger partial charge is 0.407 e. The molecule has 2 aliphatic rings. The van der Waals surface area contributed by atoms with Gasteiger partial charge in [0.2, 0.25) is 0 Å². The number of nitrogens with two attached hydrogens (primary N) is 1. The summed E-state index contributed by atoms with van der Waals surface area (Å²) in [5, 5.41) is 12.5. The van der Waals surface area contributed by atoms with E-state index in [0.29, 0.717) is 16.9 Å². The third-order valence-electron chi connectivity index (χ3n) is 7.80. The number of nitrogens with zero attached hydrogens (tertiary/aromatic N) is 2. The number of primary amides is 1. The number of carbonyl (C=O) groups is 3. The highest BCUT2D eigenvalue weighted by Gasteiger charge is 2.42. The number of hydrogen-bond acceptors (Lipinski definition) is 5. The molecular formula is C29H27N5O5. The summed E-state index contributed by atoms with van der Waals surface area (Å²) in [5.74, 6) is -0.292. The Bertz CT molecular complexity index is 1560. The van der Waals surface area contributed by atoms with Crippen molar-refractivity contribution in [2.24, 2.45) is 5.73 Å². The van der Waals surface area contributed by atoms with E-state index >= 15 is 0 Å². The number of aromatic amines is 1. The molecule has 0 unspecified atom stereocenters. The zero-order valence-electron chi connectivity index (χ0n) is 21.0. The second-order valence-electron chi connectivity index (χ2n) is 9.95. The molecule has 1 saturated heterocycles. The Balaban J connectivity index is 1.27. The van der Waals surface area contributed by atoms with Crippen LogP contribution in [0.4, 0.5) is 9.59 Å². The van der Waals surface area contributed by atoms with Gasteiger partial charge in [-0.25, -0.2) is 14.6 Å². The number of ether oxygens (including phenoxy) is 1. The van der Waals surface area contributed by atoms with Gasteiger partial charge in [-0.15, -0.1) is 0 Å². The molecule has 5 N–H and O–H groups in total. The summed E-state index contributed by atoms with van der Waals surface area (Å²) in [4.78, 5) is 46.0. The number of likely N-dealkylation sites (tertiary alicyclic amines) is 1. The van der Waals surface area contributed by atoms with Gasteiger partial charge in [-0.2, -0.15) is 0 Å². The number of amides is 3. The number of carboxylic acid groups (broad SMARTS) is 1. The van der Waals surface area contributed by atoms with Crippen LogP contribution in [0, 0.1) is 0 Å². The van der Waals surface area contributed by atoms with Gasteiger partial charge in [-0.05, 0) is 47.2 Å². The zero-order chi connectivity index (χ0) is 27.1. The Kier molecular flexibility index (Phi) is 5.94. The summed E-state index contributed by atoms with van der Waals surface area (Å²) in [5.41, 5.74) is 10.2. The number of hydrogen-bond donors (Lipinski definition) is 4. The predicted octanol–water partition coefficient (Wildman–Crippen LogP) is 4.17. The van der Waals surface area contributed by atoms with Crippen LogP contribution in [0.15, 0.2) is 66.7 Å². The number of imidazole rings is 1. The normalized spacial score (nSPS) is 15.9. The first-order valence-corrected chi connectivity index (χ1v) is 12.8. The number of carbonyl (C=O) groups excluding carboxylic acids is 2. The Hall–Kier alpha value is -4.86. The van der Waals surface area contributed by atoms with Crippen LogP contribution in [0.1, 0.15) is 46.1 Å². The lowest BCUT2D eigenvalue weighted by Crippen LogP contribution is -2.54. The number of para-hydroxylation sites is 1. The van der Waals surface area contributed by atoms with Gasteiger partial charge in [-0.1, -0.05) is 54.6 Å². The monoisotopic (exact) mass is 525 g/mol. The first-order valence-electron chi connectivity index (χ1n) is 12.8. The second kappa shape index (κ2) is 9.46. The molecule has 10 heteroatoms. The maximum absolute atomic E-state index is 13.3. The Morgan fingerprint density at radius 1 is 1.00 bits per heavy atom. The fourth-order valence-corrected chi connectivity index (χ4v) is 5.79. The molecule has 1 fully saturated rings. The highest BCUT2D eigenvalue weighted by molar-refractivity contribution is 6.04. The van der Waals surface area contributed by atoms with Crippen LogP contribution in [0.2, 0.25) is 0 Å². The molecule has 0 spiro atoms. The minimum atomic E-state index is -1.03. The predicted molar refractivity (Wildman–Crippen MR) is 143 cm³/mol. The quantitative estimate of drug-likeness (QED) is 0.307. The lowest BCUT2D eigenvalue weighted by atomic mass is 9.87. The van der Waals surface area contributed by atoms with Crippen molar-refractivity contribution in [1.82, 2.24) is 20.2 Å². The van der Waals surface area contributed by atoms with E-state index in [-0.39, 0.29) is 44.0 Å². The molecule has 3 amide bonds. The van der Waals surface area contributed by atoms with E-state index in [9.17, 15) is 19.5 Å². The van der Waals surface area contributed by atoms with Gasteiger partial charge in [0, 0.05) is 19.0 Å².